The highest BCUT2D eigenvalue weighted by atomic mass is 16.5. The molecule has 0 bridgehead atoms. The van der Waals surface area contributed by atoms with Gasteiger partial charge in [-0.3, -0.25) is 0 Å². The summed E-state index contributed by atoms with van der Waals surface area (Å²) in [5.41, 5.74) is 0. The summed E-state index contributed by atoms with van der Waals surface area (Å²) in [6.45, 7) is 0.240. The van der Waals surface area contributed by atoms with Gasteiger partial charge in [0, 0.05) is 7.11 Å². The van der Waals surface area contributed by atoms with Crippen LogP contribution >= 0.6 is 0 Å². The zero-order valence-electron chi connectivity index (χ0n) is 3.56. The first-order valence-corrected chi connectivity index (χ1v) is 1.49. The molecule has 0 rings (SSSR count). The maximum Gasteiger partial charge on any atom is 0.147 e. The number of ether oxygens (including phenoxy) is 1. The Hall–Kier alpha value is -0.660. The SMILES string of the molecule is COCN=C=N. The minimum Gasteiger partial charge on any atom is -0.362 e. The van der Waals surface area contributed by atoms with Crippen LogP contribution in [-0.4, -0.2) is 19.8 Å². The lowest BCUT2D eigenvalue weighted by atomic mass is 11.2. The first kappa shape index (κ1) is 5.34. The Morgan fingerprint density at radius 1 is 2.00 bits per heavy atom. The molecule has 0 aromatic heterocycles. The Morgan fingerprint density at radius 3 is 2.83 bits per heavy atom. The third kappa shape index (κ3) is 3.34. The lowest BCUT2D eigenvalue weighted by molar-refractivity contribution is 0.209. The van der Waals surface area contributed by atoms with Gasteiger partial charge in [-0.05, 0) is 0 Å². The van der Waals surface area contributed by atoms with Crippen LogP contribution in [0.3, 0.4) is 0 Å². The van der Waals surface area contributed by atoms with Crippen molar-refractivity contribution in [2.45, 2.75) is 0 Å². The second kappa shape index (κ2) is 4.34. The second-order valence-electron chi connectivity index (χ2n) is 0.688. The quantitative estimate of drug-likeness (QED) is 0.484. The molecule has 34 valence electrons. The number of rotatable bonds is 2. The Labute approximate surface area is 36.2 Å². The number of hydrogen-bond acceptors (Lipinski definition) is 3. The highest BCUT2D eigenvalue weighted by molar-refractivity contribution is 5.35. The van der Waals surface area contributed by atoms with E-state index in [1.54, 1.807) is 0 Å². The van der Waals surface area contributed by atoms with Crippen LogP contribution in [0, 0.1) is 5.41 Å². The molecule has 0 aromatic rings. The van der Waals surface area contributed by atoms with Crippen LogP contribution in [0.5, 0.6) is 0 Å². The van der Waals surface area contributed by atoms with Crippen molar-refractivity contribution >= 4 is 6.01 Å². The van der Waals surface area contributed by atoms with Gasteiger partial charge >= 0.3 is 0 Å². The van der Waals surface area contributed by atoms with Gasteiger partial charge in [0.25, 0.3) is 0 Å². The summed E-state index contributed by atoms with van der Waals surface area (Å²) in [5.74, 6) is 0. The molecule has 0 aliphatic rings. The highest BCUT2D eigenvalue weighted by Gasteiger charge is 1.61. The van der Waals surface area contributed by atoms with Crippen molar-refractivity contribution in [2.75, 3.05) is 13.8 Å². The molecular weight excluding hydrogens is 80.0 g/mol. The van der Waals surface area contributed by atoms with E-state index in [9.17, 15) is 0 Å². The molecule has 0 aliphatic carbocycles. The molecule has 1 N–H and O–H groups in total. The van der Waals surface area contributed by atoms with Crippen LogP contribution in [0.25, 0.3) is 0 Å². The number of aliphatic imine (C=N–C) groups is 1. The van der Waals surface area contributed by atoms with E-state index in [0.29, 0.717) is 0 Å². The lowest BCUT2D eigenvalue weighted by Gasteiger charge is -1.78. The van der Waals surface area contributed by atoms with Crippen LogP contribution in [0.15, 0.2) is 4.99 Å². The van der Waals surface area contributed by atoms with Gasteiger partial charge < -0.3 is 4.74 Å². The molecule has 0 aromatic carbocycles. The largest absolute Gasteiger partial charge is 0.362 e. The van der Waals surface area contributed by atoms with Gasteiger partial charge in [-0.25, -0.2) is 5.41 Å². The minimum atomic E-state index is 0.240. The standard InChI is InChI=1S/C3H6N2O/c1-6-3-5-2-4/h4H,3H2,1H3. The van der Waals surface area contributed by atoms with Gasteiger partial charge in [-0.2, -0.15) is 4.99 Å². The van der Waals surface area contributed by atoms with Gasteiger partial charge in [-0.15, -0.1) is 0 Å². The number of nitrogens with zero attached hydrogens (tertiary/aromatic N) is 1. The molecule has 0 spiro atoms. The van der Waals surface area contributed by atoms with Gasteiger partial charge in [0.15, 0.2) is 0 Å². The van der Waals surface area contributed by atoms with Gasteiger partial charge in [0.05, 0.1) is 6.01 Å². The van der Waals surface area contributed by atoms with E-state index >= 15 is 0 Å². The first-order valence-electron chi connectivity index (χ1n) is 1.49. The molecule has 0 heterocycles. The van der Waals surface area contributed by atoms with E-state index in [4.69, 9.17) is 5.41 Å². The Balaban J connectivity index is 2.86. The van der Waals surface area contributed by atoms with Crippen molar-refractivity contribution in [3.63, 3.8) is 0 Å². The van der Waals surface area contributed by atoms with Gasteiger partial charge in [0.1, 0.15) is 6.73 Å². The second-order valence-corrected chi connectivity index (χ2v) is 0.688. The molecule has 0 aliphatic heterocycles. The average Bonchev–Trinajstić information content (AvgIpc) is 1.61. The van der Waals surface area contributed by atoms with Crippen LogP contribution in [0.2, 0.25) is 0 Å². The topological polar surface area (TPSA) is 45.4 Å². The third-order valence-electron chi connectivity index (χ3n) is 0.273. The van der Waals surface area contributed by atoms with E-state index in [0.717, 1.165) is 0 Å². The molecule has 0 amide bonds. The summed E-state index contributed by atoms with van der Waals surface area (Å²) in [5, 5.41) is 6.21. The lowest BCUT2D eigenvalue weighted by Crippen LogP contribution is -1.78. The van der Waals surface area contributed by atoms with E-state index in [1.165, 1.54) is 7.11 Å². The fraction of sp³-hybridized carbons (Fsp3) is 0.667. The maximum absolute atomic E-state index is 6.21. The van der Waals surface area contributed by atoms with Crippen molar-refractivity contribution < 1.29 is 4.74 Å². The third-order valence-corrected chi connectivity index (χ3v) is 0.273. The number of hydrogen-bond donors (Lipinski definition) is 1. The molecule has 0 atom stereocenters. The Morgan fingerprint density at radius 2 is 2.67 bits per heavy atom. The van der Waals surface area contributed by atoms with Crippen molar-refractivity contribution in [3.8, 4) is 0 Å². The maximum atomic E-state index is 6.21. The molecular formula is C3H6N2O. The van der Waals surface area contributed by atoms with Crippen molar-refractivity contribution in [1.82, 2.24) is 0 Å². The number of nitrogens with one attached hydrogen (secondary N) is 1. The van der Waals surface area contributed by atoms with Crippen molar-refractivity contribution in [2.24, 2.45) is 4.99 Å². The fourth-order valence-electron chi connectivity index (χ4n) is 0.0968. The predicted octanol–water partition coefficient (Wildman–Crippen LogP) is 0.343. The summed E-state index contributed by atoms with van der Waals surface area (Å²) >= 11 is 0. The molecule has 3 heteroatoms. The summed E-state index contributed by atoms with van der Waals surface area (Å²) in [6.07, 6.45) is 0. The van der Waals surface area contributed by atoms with Crippen LogP contribution in [0.4, 0.5) is 0 Å². The summed E-state index contributed by atoms with van der Waals surface area (Å²) in [7, 11) is 1.51. The van der Waals surface area contributed by atoms with E-state index in [2.05, 4.69) is 9.73 Å². The molecule has 3 nitrogen and oxygen atoms in total. The summed E-state index contributed by atoms with van der Waals surface area (Å²) in [6, 6.07) is 1.82. The number of methoxy groups -OCH3 is 1. The molecule has 0 saturated carbocycles. The van der Waals surface area contributed by atoms with Crippen molar-refractivity contribution in [1.29, 1.82) is 5.41 Å². The molecule has 0 unspecified atom stereocenters. The predicted molar refractivity (Wildman–Crippen MR) is 22.0 cm³/mol. The first-order chi connectivity index (χ1) is 2.91. The monoisotopic (exact) mass is 86.0 g/mol. The molecule has 6 heavy (non-hydrogen) atoms. The Kier molecular flexibility index (Phi) is 3.86. The molecule has 0 saturated heterocycles. The normalized spacial score (nSPS) is 6.83. The minimum absolute atomic E-state index is 0.240. The van der Waals surface area contributed by atoms with Gasteiger partial charge in [0.2, 0.25) is 0 Å². The van der Waals surface area contributed by atoms with Gasteiger partial charge in [-0.1, -0.05) is 0 Å². The molecule has 0 radical (unpaired) electrons. The molecule has 0 fully saturated rings. The zero-order valence-corrected chi connectivity index (χ0v) is 3.56. The highest BCUT2D eigenvalue weighted by Crippen LogP contribution is 1.61. The van der Waals surface area contributed by atoms with E-state index in [1.807, 2.05) is 6.01 Å². The summed E-state index contributed by atoms with van der Waals surface area (Å²) in [4.78, 5) is 3.28. The zero-order chi connectivity index (χ0) is 4.83. The van der Waals surface area contributed by atoms with E-state index < -0.39 is 0 Å². The fourth-order valence-corrected chi connectivity index (χ4v) is 0.0968. The smallest absolute Gasteiger partial charge is 0.147 e. The van der Waals surface area contributed by atoms with E-state index in [-0.39, 0.29) is 6.73 Å². The Bertz CT molecular complexity index is 65.2. The van der Waals surface area contributed by atoms with Crippen LogP contribution in [-0.2, 0) is 4.74 Å². The van der Waals surface area contributed by atoms with Crippen LogP contribution < -0.4 is 0 Å². The average molecular weight is 86.1 g/mol. The van der Waals surface area contributed by atoms with Crippen LogP contribution in [0.1, 0.15) is 0 Å². The summed E-state index contributed by atoms with van der Waals surface area (Å²) < 4.78 is 4.43. The van der Waals surface area contributed by atoms with Crippen molar-refractivity contribution in [3.05, 3.63) is 0 Å².